The molecule has 0 saturated carbocycles. The molecule has 5 aromatic rings. The molecule has 4 aromatic heterocycles. The van der Waals surface area contributed by atoms with Crippen molar-refractivity contribution in [3.63, 3.8) is 0 Å². The Labute approximate surface area is 200 Å². The van der Waals surface area contributed by atoms with Gasteiger partial charge in [0.2, 0.25) is 11.7 Å². The minimum Gasteiger partial charge on any atom is -0.425 e. The lowest BCUT2D eigenvalue weighted by Crippen LogP contribution is -2.44. The van der Waals surface area contributed by atoms with E-state index in [0.717, 1.165) is 48.5 Å². The van der Waals surface area contributed by atoms with Crippen LogP contribution in [0.4, 0.5) is 11.8 Å². The summed E-state index contributed by atoms with van der Waals surface area (Å²) >= 11 is 0. The maximum absolute atomic E-state index is 13.0. The van der Waals surface area contributed by atoms with Gasteiger partial charge in [-0.05, 0) is 36.9 Å². The number of anilines is 2. The van der Waals surface area contributed by atoms with E-state index in [9.17, 15) is 4.79 Å². The van der Waals surface area contributed by atoms with Crippen molar-refractivity contribution in [1.82, 2.24) is 29.8 Å². The van der Waals surface area contributed by atoms with Crippen LogP contribution in [0.15, 0.2) is 65.8 Å². The number of oxazole rings is 1. The Morgan fingerprint density at radius 3 is 2.66 bits per heavy atom. The molecular weight excluding hydrogens is 444 g/mol. The van der Waals surface area contributed by atoms with Crippen molar-refractivity contribution in [2.24, 2.45) is 0 Å². The second-order valence-corrected chi connectivity index (χ2v) is 8.51. The molecule has 0 radical (unpaired) electrons. The van der Waals surface area contributed by atoms with Crippen molar-refractivity contribution in [2.75, 3.05) is 43.4 Å². The first-order valence-corrected chi connectivity index (χ1v) is 11.3. The second-order valence-electron chi connectivity index (χ2n) is 8.51. The topological polar surface area (TPSA) is 113 Å². The van der Waals surface area contributed by atoms with Gasteiger partial charge in [-0.1, -0.05) is 12.1 Å². The van der Waals surface area contributed by atoms with Crippen molar-refractivity contribution in [3.05, 3.63) is 66.9 Å². The van der Waals surface area contributed by atoms with E-state index in [1.807, 2.05) is 30.3 Å². The normalized spacial score (nSPS) is 14.5. The number of nitrogens with zero attached hydrogens (tertiary/aromatic N) is 7. The molecular formula is C25H22N8O2. The summed E-state index contributed by atoms with van der Waals surface area (Å²) in [5.41, 5.74) is 4.22. The first-order valence-electron chi connectivity index (χ1n) is 11.3. The van der Waals surface area contributed by atoms with E-state index < -0.39 is 0 Å². The Bertz CT molecular complexity index is 1540. The highest BCUT2D eigenvalue weighted by Gasteiger charge is 2.17. The lowest BCUT2D eigenvalue weighted by Gasteiger charge is -2.33. The Morgan fingerprint density at radius 1 is 0.914 bits per heavy atom. The molecule has 1 saturated heterocycles. The average Bonchev–Trinajstić information content (AvgIpc) is 3.37. The van der Waals surface area contributed by atoms with Gasteiger partial charge in [0.05, 0.1) is 5.52 Å². The summed E-state index contributed by atoms with van der Waals surface area (Å²) in [6, 6.07) is 11.3. The predicted molar refractivity (Wildman–Crippen MR) is 132 cm³/mol. The molecule has 0 atom stereocenters. The van der Waals surface area contributed by atoms with E-state index in [2.05, 4.69) is 47.1 Å². The van der Waals surface area contributed by atoms with E-state index >= 15 is 0 Å². The summed E-state index contributed by atoms with van der Waals surface area (Å²) in [7, 11) is 2.10. The third-order valence-electron chi connectivity index (χ3n) is 6.16. The Morgan fingerprint density at radius 2 is 1.77 bits per heavy atom. The smallest absolute Gasteiger partial charge is 0.258 e. The molecule has 0 bridgehead atoms. The minimum atomic E-state index is -0.279. The fourth-order valence-electron chi connectivity index (χ4n) is 4.12. The van der Waals surface area contributed by atoms with Crippen LogP contribution in [0.5, 0.6) is 0 Å². The second kappa shape index (κ2) is 8.73. The number of benzene rings is 1. The van der Waals surface area contributed by atoms with Crippen LogP contribution >= 0.6 is 0 Å². The zero-order valence-electron chi connectivity index (χ0n) is 19.0. The molecule has 10 nitrogen and oxygen atoms in total. The van der Waals surface area contributed by atoms with Crippen molar-refractivity contribution in [2.45, 2.75) is 0 Å². The molecule has 0 unspecified atom stereocenters. The van der Waals surface area contributed by atoms with Crippen molar-refractivity contribution in [3.8, 4) is 11.1 Å². The van der Waals surface area contributed by atoms with E-state index in [4.69, 9.17) is 4.42 Å². The molecule has 1 aromatic carbocycles. The number of rotatable bonds is 4. The molecule has 1 fully saturated rings. The fourth-order valence-corrected chi connectivity index (χ4v) is 4.12. The number of pyridine rings is 2. The molecule has 0 spiro atoms. The minimum absolute atomic E-state index is 0.239. The molecule has 1 N–H and O–H groups in total. The van der Waals surface area contributed by atoms with Crippen LogP contribution in [-0.2, 0) is 0 Å². The number of likely N-dealkylation sites (N-methyl/N-ethyl adjacent to an activating group) is 1. The molecule has 1 aliphatic heterocycles. The molecule has 35 heavy (non-hydrogen) atoms. The summed E-state index contributed by atoms with van der Waals surface area (Å²) in [6.45, 7) is 3.69. The third-order valence-corrected chi connectivity index (χ3v) is 6.16. The molecule has 1 amide bonds. The van der Waals surface area contributed by atoms with Gasteiger partial charge < -0.3 is 14.2 Å². The van der Waals surface area contributed by atoms with Gasteiger partial charge in [-0.3, -0.25) is 10.1 Å². The van der Waals surface area contributed by atoms with E-state index in [1.165, 1.54) is 6.39 Å². The zero-order chi connectivity index (χ0) is 23.8. The van der Waals surface area contributed by atoms with Crippen LogP contribution < -0.4 is 10.2 Å². The quantitative estimate of drug-likeness (QED) is 0.426. The summed E-state index contributed by atoms with van der Waals surface area (Å²) < 4.78 is 5.22. The summed E-state index contributed by atoms with van der Waals surface area (Å²) in [5.74, 6) is 0.758. The lowest BCUT2D eigenvalue weighted by molar-refractivity contribution is 0.102. The number of carbonyl (C=O) groups excluding carboxylic acids is 1. The standard InChI is InChI=1S/C25H22N8O2/c1-32-6-8-33(9-7-32)22-12-17(4-5-26-22)23(34)31-25-28-13-18-3-2-16(10-20(18)30-25)19-11-21-24(27-14-19)35-15-29-21/h2-5,10-15H,6-9H2,1H3,(H,28,30,31,34). The molecule has 6 rings (SSSR count). The predicted octanol–water partition coefficient (Wildman–Crippen LogP) is 3.23. The zero-order valence-corrected chi connectivity index (χ0v) is 19.0. The Balaban J connectivity index is 1.24. The molecule has 174 valence electrons. The van der Waals surface area contributed by atoms with E-state index in [1.54, 1.807) is 24.7 Å². The number of nitrogens with one attached hydrogen (secondary N) is 1. The summed E-state index contributed by atoms with van der Waals surface area (Å²) in [6.07, 6.45) is 6.47. The van der Waals surface area contributed by atoms with Gasteiger partial charge >= 0.3 is 0 Å². The van der Waals surface area contributed by atoms with E-state index in [-0.39, 0.29) is 11.9 Å². The highest BCUT2D eigenvalue weighted by atomic mass is 16.3. The first-order chi connectivity index (χ1) is 17.1. The number of carbonyl (C=O) groups is 1. The van der Waals surface area contributed by atoms with Gasteiger partial charge in [-0.25, -0.2) is 24.9 Å². The van der Waals surface area contributed by atoms with Crippen LogP contribution in [0.2, 0.25) is 0 Å². The number of hydrogen-bond donors (Lipinski definition) is 1. The van der Waals surface area contributed by atoms with Gasteiger partial charge in [0.1, 0.15) is 11.3 Å². The van der Waals surface area contributed by atoms with E-state index in [0.29, 0.717) is 22.3 Å². The largest absolute Gasteiger partial charge is 0.425 e. The monoisotopic (exact) mass is 466 g/mol. The van der Waals surface area contributed by atoms with Gasteiger partial charge in [0.15, 0.2) is 6.39 Å². The molecule has 1 aliphatic rings. The maximum Gasteiger partial charge on any atom is 0.258 e. The van der Waals surface area contributed by atoms with Gasteiger partial charge in [-0.15, -0.1) is 0 Å². The lowest BCUT2D eigenvalue weighted by atomic mass is 10.1. The highest BCUT2D eigenvalue weighted by Crippen LogP contribution is 2.25. The SMILES string of the molecule is CN1CCN(c2cc(C(=O)Nc3ncc4ccc(-c5cnc6ocnc6c5)cc4n3)ccn2)CC1. The number of amides is 1. The number of piperazine rings is 1. The number of hydrogen-bond acceptors (Lipinski definition) is 9. The van der Waals surface area contributed by atoms with Crippen LogP contribution in [-0.4, -0.2) is 69.0 Å². The number of fused-ring (bicyclic) bond motifs is 2. The van der Waals surface area contributed by atoms with Crippen LogP contribution in [0.3, 0.4) is 0 Å². The van der Waals surface area contributed by atoms with Crippen LogP contribution in [0.1, 0.15) is 10.4 Å². The van der Waals surface area contributed by atoms with Crippen LogP contribution in [0, 0.1) is 0 Å². The van der Waals surface area contributed by atoms with Gasteiger partial charge in [0, 0.05) is 61.3 Å². The maximum atomic E-state index is 13.0. The fraction of sp³-hybridized carbons (Fsp3) is 0.200. The average molecular weight is 467 g/mol. The Hall–Kier alpha value is -4.44. The van der Waals surface area contributed by atoms with Gasteiger partial charge in [0.25, 0.3) is 5.91 Å². The van der Waals surface area contributed by atoms with Crippen molar-refractivity contribution < 1.29 is 9.21 Å². The summed E-state index contributed by atoms with van der Waals surface area (Å²) in [5, 5.41) is 3.68. The first kappa shape index (κ1) is 21.1. The van der Waals surface area contributed by atoms with Crippen molar-refractivity contribution in [1.29, 1.82) is 0 Å². The number of aromatic nitrogens is 5. The summed E-state index contributed by atoms with van der Waals surface area (Å²) in [4.78, 5) is 39.2. The third kappa shape index (κ3) is 4.26. The molecule has 10 heteroatoms. The molecule has 0 aliphatic carbocycles. The van der Waals surface area contributed by atoms with Gasteiger partial charge in [-0.2, -0.15) is 0 Å². The van der Waals surface area contributed by atoms with Crippen LogP contribution in [0.25, 0.3) is 33.3 Å². The Kier molecular flexibility index (Phi) is 5.27. The highest BCUT2D eigenvalue weighted by molar-refractivity contribution is 6.04. The molecule has 5 heterocycles. The van der Waals surface area contributed by atoms with Crippen molar-refractivity contribution >= 4 is 39.8 Å².